The minimum Gasteiger partial charge on any atom is -0.303 e. The molecule has 0 saturated carbocycles. The highest BCUT2D eigenvalue weighted by Crippen LogP contribution is 2.26. The molecule has 0 unspecified atom stereocenters. The van der Waals surface area contributed by atoms with Gasteiger partial charge in [-0.1, -0.05) is 13.8 Å². The molecule has 2 fully saturated rings. The maximum atomic E-state index is 4.62. The Labute approximate surface area is 148 Å². The zero-order chi connectivity index (χ0) is 17.1. The molecule has 0 atom stereocenters. The van der Waals surface area contributed by atoms with Gasteiger partial charge in [0.15, 0.2) is 0 Å². The summed E-state index contributed by atoms with van der Waals surface area (Å²) in [5.41, 5.74) is 1.37. The fourth-order valence-corrected chi connectivity index (χ4v) is 4.23. The van der Waals surface area contributed by atoms with E-state index in [9.17, 15) is 0 Å². The van der Waals surface area contributed by atoms with Crippen LogP contribution >= 0.6 is 0 Å². The number of hydrogen-bond donors (Lipinski definition) is 0. The van der Waals surface area contributed by atoms with E-state index < -0.39 is 0 Å². The third-order valence-electron chi connectivity index (χ3n) is 6.12. The molecule has 4 heteroatoms. The van der Waals surface area contributed by atoms with Gasteiger partial charge in [0.25, 0.3) is 0 Å². The van der Waals surface area contributed by atoms with Crippen molar-refractivity contribution in [1.82, 2.24) is 19.6 Å². The van der Waals surface area contributed by atoms with Gasteiger partial charge in [0, 0.05) is 31.9 Å². The van der Waals surface area contributed by atoms with E-state index >= 15 is 0 Å². The highest BCUT2D eigenvalue weighted by molar-refractivity contribution is 5.09. The van der Waals surface area contributed by atoms with Crippen molar-refractivity contribution in [1.29, 1.82) is 0 Å². The molecule has 0 N–H and O–H groups in total. The van der Waals surface area contributed by atoms with E-state index in [2.05, 4.69) is 59.7 Å². The van der Waals surface area contributed by atoms with Crippen LogP contribution in [0.5, 0.6) is 0 Å². The van der Waals surface area contributed by atoms with E-state index in [-0.39, 0.29) is 0 Å². The largest absolute Gasteiger partial charge is 0.303 e. The lowest BCUT2D eigenvalue weighted by molar-refractivity contribution is 0.104. The number of hydrogen-bond acceptors (Lipinski definition) is 3. The van der Waals surface area contributed by atoms with Crippen LogP contribution in [0.25, 0.3) is 0 Å². The molecule has 0 amide bonds. The molecule has 3 rings (SSSR count). The average molecular weight is 333 g/mol. The Morgan fingerprint density at radius 1 is 1.00 bits per heavy atom. The maximum absolute atomic E-state index is 4.62. The molecule has 3 heterocycles. The topological polar surface area (TPSA) is 24.3 Å². The smallest absolute Gasteiger partial charge is 0.0543 e. The van der Waals surface area contributed by atoms with E-state index in [4.69, 9.17) is 0 Å². The predicted octanol–water partition coefficient (Wildman–Crippen LogP) is 3.76. The predicted molar refractivity (Wildman–Crippen MR) is 100 cm³/mol. The number of rotatable bonds is 5. The van der Waals surface area contributed by atoms with Gasteiger partial charge in [-0.05, 0) is 70.0 Å². The van der Waals surface area contributed by atoms with Crippen molar-refractivity contribution in [2.45, 2.75) is 71.4 Å². The van der Waals surface area contributed by atoms with Crippen molar-refractivity contribution in [2.24, 2.45) is 5.92 Å². The summed E-state index contributed by atoms with van der Waals surface area (Å²) in [6.07, 6.45) is 9.60. The number of nitrogens with zero attached hydrogens (tertiary/aromatic N) is 4. The van der Waals surface area contributed by atoms with Crippen LogP contribution in [0.4, 0.5) is 0 Å². The molecule has 4 nitrogen and oxygen atoms in total. The Hall–Kier alpha value is -0.870. The second-order valence-electron chi connectivity index (χ2n) is 8.51. The minimum atomic E-state index is 0.579. The Kier molecular flexibility index (Phi) is 5.98. The summed E-state index contributed by atoms with van der Waals surface area (Å²) >= 11 is 0. The third kappa shape index (κ3) is 4.40. The van der Waals surface area contributed by atoms with Gasteiger partial charge < -0.3 is 9.80 Å². The molecule has 1 aromatic heterocycles. The molecule has 0 aliphatic carbocycles. The number of piperidine rings is 2. The first kappa shape index (κ1) is 17.9. The molecule has 0 bridgehead atoms. The summed E-state index contributed by atoms with van der Waals surface area (Å²) in [6, 6.07) is 1.32. The van der Waals surface area contributed by atoms with Gasteiger partial charge in [0.1, 0.15) is 0 Å². The molecule has 2 saturated heterocycles. The summed E-state index contributed by atoms with van der Waals surface area (Å²) < 4.78 is 2.23. The quantitative estimate of drug-likeness (QED) is 0.820. The summed E-state index contributed by atoms with van der Waals surface area (Å²) in [5.74, 6) is 1.49. The molecular formula is C20H36N4. The van der Waals surface area contributed by atoms with Gasteiger partial charge in [-0.15, -0.1) is 0 Å². The zero-order valence-electron chi connectivity index (χ0n) is 16.1. The van der Waals surface area contributed by atoms with Crippen molar-refractivity contribution in [3.8, 4) is 0 Å². The Bertz CT molecular complexity index is 491. The van der Waals surface area contributed by atoms with Gasteiger partial charge in [-0.25, -0.2) is 0 Å². The van der Waals surface area contributed by atoms with E-state index in [1.807, 2.05) is 0 Å². The van der Waals surface area contributed by atoms with Crippen LogP contribution in [0.15, 0.2) is 12.4 Å². The molecule has 0 aromatic carbocycles. The monoisotopic (exact) mass is 332 g/mol. The molecule has 0 spiro atoms. The van der Waals surface area contributed by atoms with Crippen molar-refractivity contribution in [3.05, 3.63) is 18.0 Å². The Morgan fingerprint density at radius 2 is 1.67 bits per heavy atom. The van der Waals surface area contributed by atoms with Gasteiger partial charge in [0.05, 0.1) is 12.2 Å². The lowest BCUT2D eigenvalue weighted by Gasteiger charge is -2.38. The molecule has 1 aromatic rings. The fraction of sp³-hybridized carbons (Fsp3) is 0.850. The van der Waals surface area contributed by atoms with Crippen LogP contribution in [0, 0.1) is 5.92 Å². The summed E-state index contributed by atoms with van der Waals surface area (Å²) in [5, 5.41) is 4.62. The SMILES string of the molecule is CC(C)c1cnn(C2CCN(CC3CCN(C(C)C)CC3)CC2)c1. The van der Waals surface area contributed by atoms with E-state index in [1.54, 1.807) is 0 Å². The lowest BCUT2D eigenvalue weighted by atomic mass is 9.94. The van der Waals surface area contributed by atoms with Crippen LogP contribution in [0.3, 0.4) is 0 Å². The molecule has 2 aliphatic heterocycles. The molecular weight excluding hydrogens is 296 g/mol. The van der Waals surface area contributed by atoms with Gasteiger partial charge in [-0.3, -0.25) is 4.68 Å². The molecule has 0 radical (unpaired) electrons. The average Bonchev–Trinajstić information content (AvgIpc) is 3.06. The highest BCUT2D eigenvalue weighted by Gasteiger charge is 2.26. The van der Waals surface area contributed by atoms with Gasteiger partial charge in [0.2, 0.25) is 0 Å². The standard InChI is InChI=1S/C20H36N4/c1-16(2)19-13-21-24(15-19)20-7-9-22(10-8-20)14-18-5-11-23(12-6-18)17(3)4/h13,15-18,20H,5-12,14H2,1-4H3. The molecule has 24 heavy (non-hydrogen) atoms. The Morgan fingerprint density at radius 3 is 2.21 bits per heavy atom. The first-order valence-corrected chi connectivity index (χ1v) is 10.0. The first-order valence-electron chi connectivity index (χ1n) is 10.0. The molecule has 2 aliphatic rings. The molecule has 136 valence electrons. The number of likely N-dealkylation sites (tertiary alicyclic amines) is 2. The van der Waals surface area contributed by atoms with Crippen molar-refractivity contribution in [3.63, 3.8) is 0 Å². The second kappa shape index (κ2) is 8.01. The van der Waals surface area contributed by atoms with Crippen LogP contribution in [0.2, 0.25) is 0 Å². The van der Waals surface area contributed by atoms with Crippen molar-refractivity contribution in [2.75, 3.05) is 32.7 Å². The summed E-state index contributed by atoms with van der Waals surface area (Å²) in [4.78, 5) is 5.34. The fourth-order valence-electron chi connectivity index (χ4n) is 4.23. The van der Waals surface area contributed by atoms with Crippen molar-refractivity contribution >= 4 is 0 Å². The first-order chi connectivity index (χ1) is 11.5. The van der Waals surface area contributed by atoms with E-state index in [0.29, 0.717) is 18.0 Å². The highest BCUT2D eigenvalue weighted by atomic mass is 15.3. The normalized spacial score (nSPS) is 22.8. The summed E-state index contributed by atoms with van der Waals surface area (Å²) in [6.45, 7) is 15.5. The van der Waals surface area contributed by atoms with Crippen LogP contribution in [0.1, 0.15) is 70.9 Å². The Balaban J connectivity index is 1.42. The summed E-state index contributed by atoms with van der Waals surface area (Å²) in [7, 11) is 0. The van der Waals surface area contributed by atoms with Crippen LogP contribution in [-0.4, -0.2) is 58.3 Å². The van der Waals surface area contributed by atoms with E-state index in [0.717, 1.165) is 5.92 Å². The maximum Gasteiger partial charge on any atom is 0.0543 e. The minimum absolute atomic E-state index is 0.579. The zero-order valence-corrected chi connectivity index (χ0v) is 16.1. The van der Waals surface area contributed by atoms with Crippen LogP contribution < -0.4 is 0 Å². The lowest BCUT2D eigenvalue weighted by Crippen LogP contribution is -2.43. The number of aromatic nitrogens is 2. The van der Waals surface area contributed by atoms with Crippen molar-refractivity contribution < 1.29 is 0 Å². The third-order valence-corrected chi connectivity index (χ3v) is 6.12. The van der Waals surface area contributed by atoms with Gasteiger partial charge >= 0.3 is 0 Å². The van der Waals surface area contributed by atoms with Crippen LogP contribution in [-0.2, 0) is 0 Å². The second-order valence-corrected chi connectivity index (χ2v) is 8.51. The van der Waals surface area contributed by atoms with E-state index in [1.165, 1.54) is 64.0 Å². The van der Waals surface area contributed by atoms with Gasteiger partial charge in [-0.2, -0.15) is 5.10 Å².